The van der Waals surface area contributed by atoms with Gasteiger partial charge in [-0.25, -0.2) is 8.42 Å². The number of alkyl halides is 3. The predicted molar refractivity (Wildman–Crippen MR) is 157 cm³/mol. The van der Waals surface area contributed by atoms with Crippen molar-refractivity contribution in [3.8, 4) is 0 Å². The van der Waals surface area contributed by atoms with E-state index in [2.05, 4.69) is 5.32 Å². The van der Waals surface area contributed by atoms with Crippen molar-refractivity contribution < 1.29 is 31.2 Å². The Balaban J connectivity index is 2.13. The average molecular weight is 665 g/mol. The summed E-state index contributed by atoms with van der Waals surface area (Å²) in [5.41, 5.74) is -1.33. The summed E-state index contributed by atoms with van der Waals surface area (Å²) in [7, 11) is -4.58. The maximum absolute atomic E-state index is 13.9. The minimum absolute atomic E-state index is 0.193. The lowest BCUT2D eigenvalue weighted by Crippen LogP contribution is -2.52. The Kier molecular flexibility index (Phi) is 10.8. The van der Waals surface area contributed by atoms with E-state index in [4.69, 9.17) is 34.8 Å². The van der Waals surface area contributed by atoms with Gasteiger partial charge >= 0.3 is 6.18 Å². The highest BCUT2D eigenvalue weighted by molar-refractivity contribution is 7.92. The number of nitrogens with one attached hydrogen (secondary N) is 1. The van der Waals surface area contributed by atoms with Crippen LogP contribution in [0.5, 0.6) is 0 Å². The van der Waals surface area contributed by atoms with E-state index in [1.807, 2.05) is 0 Å². The molecule has 0 saturated carbocycles. The van der Waals surface area contributed by atoms with Gasteiger partial charge in [-0.15, -0.1) is 0 Å². The number of sulfonamides is 1. The topological polar surface area (TPSA) is 86.8 Å². The summed E-state index contributed by atoms with van der Waals surface area (Å²) in [6.45, 7) is 3.72. The lowest BCUT2D eigenvalue weighted by molar-refractivity contribution is -0.139. The van der Waals surface area contributed by atoms with Crippen molar-refractivity contribution in [1.82, 2.24) is 10.2 Å². The number of benzene rings is 3. The van der Waals surface area contributed by atoms with E-state index in [1.165, 1.54) is 43.3 Å². The van der Waals surface area contributed by atoms with Gasteiger partial charge in [0, 0.05) is 22.6 Å². The Morgan fingerprint density at radius 1 is 0.905 bits per heavy atom. The van der Waals surface area contributed by atoms with Gasteiger partial charge in [0.1, 0.15) is 12.6 Å². The van der Waals surface area contributed by atoms with Gasteiger partial charge in [-0.3, -0.25) is 13.9 Å². The molecule has 0 saturated heterocycles. The Bertz CT molecular complexity index is 1550. The normalized spacial score (nSPS) is 12.6. The van der Waals surface area contributed by atoms with Crippen LogP contribution >= 0.6 is 34.8 Å². The Labute approximate surface area is 257 Å². The van der Waals surface area contributed by atoms with Gasteiger partial charge in [0.2, 0.25) is 11.8 Å². The number of carbonyl (C=O) groups is 2. The van der Waals surface area contributed by atoms with E-state index in [1.54, 1.807) is 26.0 Å². The fourth-order valence-electron chi connectivity index (χ4n) is 3.96. The van der Waals surface area contributed by atoms with Crippen LogP contribution in [0.4, 0.5) is 18.9 Å². The van der Waals surface area contributed by atoms with E-state index >= 15 is 0 Å². The number of nitrogens with zero attached hydrogens (tertiary/aromatic N) is 2. The minimum atomic E-state index is -4.90. The maximum atomic E-state index is 13.9. The summed E-state index contributed by atoms with van der Waals surface area (Å²) >= 11 is 18.1. The number of halogens is 6. The molecule has 0 aliphatic carbocycles. The molecule has 1 N–H and O–H groups in total. The third-order valence-corrected chi connectivity index (χ3v) is 8.81. The summed E-state index contributed by atoms with van der Waals surface area (Å²) in [5.74, 6) is -1.41. The highest BCUT2D eigenvalue weighted by Gasteiger charge is 2.37. The molecule has 14 heteroatoms. The fraction of sp³-hybridized carbons (Fsp3) is 0.286. The summed E-state index contributed by atoms with van der Waals surface area (Å²) in [5, 5.41) is 2.58. The lowest BCUT2D eigenvalue weighted by Gasteiger charge is -2.32. The molecule has 0 aliphatic rings. The molecule has 3 rings (SSSR count). The number of rotatable bonds is 10. The van der Waals surface area contributed by atoms with E-state index in [0.717, 1.165) is 17.0 Å². The molecule has 226 valence electrons. The van der Waals surface area contributed by atoms with Crippen molar-refractivity contribution in [1.29, 1.82) is 0 Å². The first-order chi connectivity index (χ1) is 19.5. The number of amides is 2. The molecule has 0 aromatic heterocycles. The monoisotopic (exact) mass is 663 g/mol. The Hall–Kier alpha value is -2.99. The molecule has 1 atom stereocenters. The van der Waals surface area contributed by atoms with Crippen molar-refractivity contribution in [2.45, 2.75) is 50.5 Å². The zero-order valence-corrected chi connectivity index (χ0v) is 25.7. The standard InChI is InChI=1S/C28H27Cl3F3N3O4S/c1-17(2)35-27(39)18(3)36(15-19-9-10-20(29)13-25(19)31)26(38)16-37(42(40,41)22-7-5-4-6-8-22)21-11-12-24(30)23(14-21)28(32,33)34/h4-14,17-18H,15-16H2,1-3H3,(H,35,39)/t18-/m0/s1. The number of hydrogen-bond donors (Lipinski definition) is 1. The smallest absolute Gasteiger partial charge is 0.352 e. The van der Waals surface area contributed by atoms with E-state index < -0.39 is 56.9 Å². The summed E-state index contributed by atoms with van der Waals surface area (Å²) < 4.78 is 69.2. The molecule has 3 aromatic carbocycles. The largest absolute Gasteiger partial charge is 0.417 e. The third kappa shape index (κ3) is 8.09. The van der Waals surface area contributed by atoms with Gasteiger partial charge in [-0.1, -0.05) is 59.1 Å². The second-order valence-electron chi connectivity index (χ2n) is 9.58. The SMILES string of the molecule is CC(C)NC(=O)[C@H](C)N(Cc1ccc(Cl)cc1Cl)C(=O)CN(c1ccc(Cl)c(C(F)(F)F)c1)S(=O)(=O)c1ccccc1. The van der Waals surface area contributed by atoms with Crippen LogP contribution in [0.15, 0.2) is 71.6 Å². The summed E-state index contributed by atoms with van der Waals surface area (Å²) in [4.78, 5) is 27.7. The van der Waals surface area contributed by atoms with Crippen LogP contribution in [0.2, 0.25) is 15.1 Å². The summed E-state index contributed by atoms with van der Waals surface area (Å²) in [6, 6.07) is 12.6. The maximum Gasteiger partial charge on any atom is 0.417 e. The number of carbonyl (C=O) groups excluding carboxylic acids is 2. The van der Waals surface area contributed by atoms with E-state index in [-0.39, 0.29) is 22.5 Å². The highest BCUT2D eigenvalue weighted by atomic mass is 35.5. The molecule has 7 nitrogen and oxygen atoms in total. The van der Waals surface area contributed by atoms with Crippen LogP contribution in [-0.4, -0.2) is 43.8 Å². The number of hydrogen-bond acceptors (Lipinski definition) is 4. The van der Waals surface area contributed by atoms with Gasteiger partial charge in [-0.2, -0.15) is 13.2 Å². The lowest BCUT2D eigenvalue weighted by atomic mass is 10.1. The zero-order valence-electron chi connectivity index (χ0n) is 22.6. The molecule has 3 aromatic rings. The van der Waals surface area contributed by atoms with Crippen LogP contribution in [0, 0.1) is 0 Å². The zero-order chi connectivity index (χ0) is 31.4. The number of anilines is 1. The van der Waals surface area contributed by atoms with E-state index in [0.29, 0.717) is 21.0 Å². The van der Waals surface area contributed by atoms with Gasteiger partial charge in [0.25, 0.3) is 10.0 Å². The van der Waals surface area contributed by atoms with Gasteiger partial charge in [0.05, 0.1) is 21.2 Å². The molecule has 0 heterocycles. The minimum Gasteiger partial charge on any atom is -0.352 e. The molecule has 0 radical (unpaired) electrons. The van der Waals surface area contributed by atoms with Gasteiger partial charge in [-0.05, 0) is 68.8 Å². The molecule has 42 heavy (non-hydrogen) atoms. The Morgan fingerprint density at radius 3 is 2.12 bits per heavy atom. The van der Waals surface area contributed by atoms with Crippen LogP contribution in [-0.2, 0) is 32.3 Å². The van der Waals surface area contributed by atoms with Crippen molar-refractivity contribution >= 4 is 62.3 Å². The first kappa shape index (κ1) is 33.5. The van der Waals surface area contributed by atoms with Crippen LogP contribution in [0.25, 0.3) is 0 Å². The van der Waals surface area contributed by atoms with Crippen LogP contribution in [0.1, 0.15) is 31.9 Å². The third-order valence-electron chi connectivity index (χ3n) is 6.11. The van der Waals surface area contributed by atoms with Crippen LogP contribution in [0.3, 0.4) is 0 Å². The first-order valence-corrected chi connectivity index (χ1v) is 15.1. The van der Waals surface area contributed by atoms with Gasteiger partial charge < -0.3 is 10.2 Å². The van der Waals surface area contributed by atoms with Gasteiger partial charge in [0.15, 0.2) is 0 Å². The molecule has 0 bridgehead atoms. The first-order valence-electron chi connectivity index (χ1n) is 12.5. The fourth-order valence-corrected chi connectivity index (χ4v) is 6.08. The predicted octanol–water partition coefficient (Wildman–Crippen LogP) is 6.80. The van der Waals surface area contributed by atoms with Crippen LogP contribution < -0.4 is 9.62 Å². The average Bonchev–Trinajstić information content (AvgIpc) is 2.90. The second kappa shape index (κ2) is 13.5. The molecule has 0 aliphatic heterocycles. The highest BCUT2D eigenvalue weighted by Crippen LogP contribution is 2.38. The molecule has 0 fully saturated rings. The molecule has 0 spiro atoms. The summed E-state index contributed by atoms with van der Waals surface area (Å²) in [6.07, 6.45) is -4.90. The quantitative estimate of drug-likeness (QED) is 0.258. The molecular weight excluding hydrogens is 638 g/mol. The molecule has 2 amide bonds. The van der Waals surface area contributed by atoms with E-state index in [9.17, 15) is 31.2 Å². The van der Waals surface area contributed by atoms with Crippen molar-refractivity contribution in [3.05, 3.63) is 92.9 Å². The Morgan fingerprint density at radius 2 is 1.55 bits per heavy atom. The molecule has 0 unspecified atom stereocenters. The van der Waals surface area contributed by atoms with Crippen molar-refractivity contribution in [2.24, 2.45) is 0 Å². The van der Waals surface area contributed by atoms with Crippen molar-refractivity contribution in [2.75, 3.05) is 10.8 Å². The van der Waals surface area contributed by atoms with Crippen molar-refractivity contribution in [3.63, 3.8) is 0 Å². The second-order valence-corrected chi connectivity index (χ2v) is 12.7. The molecular formula is C28H27Cl3F3N3O4S.